The van der Waals surface area contributed by atoms with Crippen LogP contribution >= 0.6 is 11.3 Å². The Morgan fingerprint density at radius 1 is 1.26 bits per heavy atom. The van der Waals surface area contributed by atoms with Crippen molar-refractivity contribution in [3.05, 3.63) is 47.0 Å². The normalized spacial score (nSPS) is 10.9. The zero-order valence-corrected chi connectivity index (χ0v) is 16.4. The summed E-state index contributed by atoms with van der Waals surface area (Å²) in [5, 5.41) is 12.3. The number of benzene rings is 1. The lowest BCUT2D eigenvalue weighted by Gasteiger charge is -2.10. The molecule has 1 N–H and O–H groups in total. The van der Waals surface area contributed by atoms with Crippen molar-refractivity contribution in [3.63, 3.8) is 0 Å². The maximum absolute atomic E-state index is 11.6. The molecule has 142 valence electrons. The van der Waals surface area contributed by atoms with E-state index in [1.807, 2.05) is 41.1 Å². The number of carboxylic acids is 1. The molecule has 0 fully saturated rings. The molecule has 0 aliphatic heterocycles. The van der Waals surface area contributed by atoms with Gasteiger partial charge in [-0.2, -0.15) is 0 Å². The molecule has 0 saturated heterocycles. The second-order valence-electron chi connectivity index (χ2n) is 6.10. The van der Waals surface area contributed by atoms with Crippen molar-refractivity contribution in [1.29, 1.82) is 0 Å². The van der Waals surface area contributed by atoms with Crippen molar-refractivity contribution >= 4 is 17.3 Å². The van der Waals surface area contributed by atoms with E-state index in [0.29, 0.717) is 18.7 Å². The van der Waals surface area contributed by atoms with Gasteiger partial charge in [0.2, 0.25) is 0 Å². The minimum absolute atomic E-state index is 0.307. The molecule has 0 aliphatic rings. The average molecular weight is 386 g/mol. The molecule has 7 heteroatoms. The van der Waals surface area contributed by atoms with Crippen LogP contribution in [0.5, 0.6) is 5.75 Å². The lowest BCUT2D eigenvalue weighted by atomic mass is 10.2. The van der Waals surface area contributed by atoms with Crippen LogP contribution in [0.15, 0.2) is 35.7 Å². The second-order valence-corrected chi connectivity index (χ2v) is 6.96. The number of nitrogens with zero attached hydrogens (tertiary/aromatic N) is 2. The first-order valence-electron chi connectivity index (χ1n) is 8.57. The number of rotatable bonds is 8. The molecule has 2 heterocycles. The zero-order valence-electron chi connectivity index (χ0n) is 15.6. The number of carboxylic acid groups (broad SMARTS) is 1. The van der Waals surface area contributed by atoms with E-state index < -0.39 is 5.97 Å². The first-order valence-corrected chi connectivity index (χ1v) is 9.45. The van der Waals surface area contributed by atoms with E-state index in [2.05, 4.69) is 0 Å². The van der Waals surface area contributed by atoms with E-state index in [4.69, 9.17) is 14.5 Å². The number of thiazole rings is 1. The van der Waals surface area contributed by atoms with Crippen LogP contribution in [-0.2, 0) is 11.3 Å². The van der Waals surface area contributed by atoms with Crippen molar-refractivity contribution in [2.75, 3.05) is 20.8 Å². The quantitative estimate of drug-likeness (QED) is 0.583. The third kappa shape index (κ3) is 4.04. The van der Waals surface area contributed by atoms with Crippen LogP contribution in [0.4, 0.5) is 0 Å². The Morgan fingerprint density at radius 3 is 2.63 bits per heavy atom. The van der Waals surface area contributed by atoms with Gasteiger partial charge in [-0.15, -0.1) is 11.3 Å². The van der Waals surface area contributed by atoms with Gasteiger partial charge in [0.05, 0.1) is 24.1 Å². The van der Waals surface area contributed by atoms with Crippen LogP contribution in [-0.4, -0.2) is 41.5 Å². The first kappa shape index (κ1) is 19.1. The van der Waals surface area contributed by atoms with Crippen LogP contribution in [0.3, 0.4) is 0 Å². The molecule has 0 atom stereocenters. The molecule has 0 bridgehead atoms. The van der Waals surface area contributed by atoms with E-state index in [9.17, 15) is 9.90 Å². The summed E-state index contributed by atoms with van der Waals surface area (Å²) in [5.74, 6) is -0.130. The minimum Gasteiger partial charge on any atom is -0.497 e. The predicted octanol–water partition coefficient (Wildman–Crippen LogP) is 4.33. The number of methoxy groups -OCH3 is 2. The molecule has 0 unspecified atom stereocenters. The molecular formula is C20H22N2O4S. The van der Waals surface area contributed by atoms with E-state index in [1.54, 1.807) is 20.3 Å². The summed E-state index contributed by atoms with van der Waals surface area (Å²) >= 11 is 1.53. The highest BCUT2D eigenvalue weighted by Gasteiger charge is 2.19. The van der Waals surface area contributed by atoms with Crippen molar-refractivity contribution in [2.45, 2.75) is 19.9 Å². The fourth-order valence-electron chi connectivity index (χ4n) is 2.99. The number of ether oxygens (including phenoxy) is 2. The highest BCUT2D eigenvalue weighted by molar-refractivity contribution is 7.13. The van der Waals surface area contributed by atoms with Gasteiger partial charge in [-0.25, -0.2) is 9.78 Å². The predicted molar refractivity (Wildman–Crippen MR) is 106 cm³/mol. The summed E-state index contributed by atoms with van der Waals surface area (Å²) in [6, 6.07) is 9.43. The SMILES string of the molecule is COCCCn1c(-c2csc(-c3ccc(OC)cc3)n2)cc(C(=O)O)c1C. The summed E-state index contributed by atoms with van der Waals surface area (Å²) in [6.07, 6.45) is 0.799. The third-order valence-electron chi connectivity index (χ3n) is 4.43. The summed E-state index contributed by atoms with van der Waals surface area (Å²) < 4.78 is 12.3. The molecule has 0 amide bonds. The van der Waals surface area contributed by atoms with Crippen molar-refractivity contribution in [3.8, 4) is 27.7 Å². The van der Waals surface area contributed by atoms with Crippen LogP contribution in [0, 0.1) is 6.92 Å². The molecular weight excluding hydrogens is 364 g/mol. The zero-order chi connectivity index (χ0) is 19.4. The number of aromatic carboxylic acids is 1. The van der Waals surface area contributed by atoms with Gasteiger partial charge in [0, 0.05) is 36.9 Å². The third-order valence-corrected chi connectivity index (χ3v) is 5.32. The van der Waals surface area contributed by atoms with Crippen LogP contribution in [0.1, 0.15) is 22.5 Å². The maximum atomic E-state index is 11.6. The standard InChI is InChI=1S/C20H22N2O4S/c1-13-16(20(23)24)11-18(22(13)9-4-10-25-2)17-12-27-19(21-17)14-5-7-15(26-3)8-6-14/h5-8,11-12H,4,9-10H2,1-3H3,(H,23,24). The Bertz CT molecular complexity index is 928. The van der Waals surface area contributed by atoms with Crippen LogP contribution in [0.2, 0.25) is 0 Å². The van der Waals surface area contributed by atoms with Crippen molar-refractivity contribution in [1.82, 2.24) is 9.55 Å². The lowest BCUT2D eigenvalue weighted by molar-refractivity contribution is 0.0696. The highest BCUT2D eigenvalue weighted by Crippen LogP contribution is 2.32. The van der Waals surface area contributed by atoms with Crippen LogP contribution < -0.4 is 4.74 Å². The largest absolute Gasteiger partial charge is 0.497 e. The highest BCUT2D eigenvalue weighted by atomic mass is 32.1. The summed E-state index contributed by atoms with van der Waals surface area (Å²) in [6.45, 7) is 3.13. The van der Waals surface area contributed by atoms with E-state index in [0.717, 1.165) is 39.8 Å². The topological polar surface area (TPSA) is 73.6 Å². The molecule has 0 saturated carbocycles. The Hall–Kier alpha value is -2.64. The van der Waals surface area contributed by atoms with E-state index >= 15 is 0 Å². The molecule has 0 spiro atoms. The molecule has 1 aromatic carbocycles. The molecule has 3 rings (SSSR count). The van der Waals surface area contributed by atoms with Gasteiger partial charge < -0.3 is 19.1 Å². The minimum atomic E-state index is -0.926. The van der Waals surface area contributed by atoms with Gasteiger partial charge in [-0.05, 0) is 43.7 Å². The Morgan fingerprint density at radius 2 is 2.00 bits per heavy atom. The fourth-order valence-corrected chi connectivity index (χ4v) is 3.81. The van der Waals surface area contributed by atoms with Gasteiger partial charge in [-0.1, -0.05) is 0 Å². The number of carbonyl (C=O) groups is 1. The molecule has 3 aromatic rings. The number of hydrogen-bond acceptors (Lipinski definition) is 5. The second kappa shape index (κ2) is 8.37. The molecule has 2 aromatic heterocycles. The number of aromatic nitrogens is 2. The van der Waals surface area contributed by atoms with Gasteiger partial charge >= 0.3 is 5.97 Å². The molecule has 0 radical (unpaired) electrons. The molecule has 0 aliphatic carbocycles. The monoisotopic (exact) mass is 386 g/mol. The van der Waals surface area contributed by atoms with Crippen molar-refractivity contribution in [2.24, 2.45) is 0 Å². The van der Waals surface area contributed by atoms with Gasteiger partial charge in [0.1, 0.15) is 10.8 Å². The van der Waals surface area contributed by atoms with E-state index in [1.165, 1.54) is 11.3 Å². The Labute approximate surface area is 162 Å². The molecule has 27 heavy (non-hydrogen) atoms. The summed E-state index contributed by atoms with van der Waals surface area (Å²) in [7, 11) is 3.30. The summed E-state index contributed by atoms with van der Waals surface area (Å²) in [5.41, 5.74) is 3.63. The molecule has 6 nitrogen and oxygen atoms in total. The van der Waals surface area contributed by atoms with Crippen LogP contribution in [0.25, 0.3) is 22.0 Å². The van der Waals surface area contributed by atoms with Crippen molar-refractivity contribution < 1.29 is 19.4 Å². The summed E-state index contributed by atoms with van der Waals surface area (Å²) in [4.78, 5) is 16.3. The number of hydrogen-bond donors (Lipinski definition) is 1. The van der Waals surface area contributed by atoms with Gasteiger partial charge in [-0.3, -0.25) is 0 Å². The Balaban J connectivity index is 1.96. The van der Waals surface area contributed by atoms with E-state index in [-0.39, 0.29) is 0 Å². The fraction of sp³-hybridized carbons (Fsp3) is 0.300. The smallest absolute Gasteiger partial charge is 0.337 e. The maximum Gasteiger partial charge on any atom is 0.337 e. The Kier molecular flexibility index (Phi) is 5.93. The van der Waals surface area contributed by atoms with Gasteiger partial charge in [0.15, 0.2) is 0 Å². The average Bonchev–Trinajstić information content (AvgIpc) is 3.27. The van der Waals surface area contributed by atoms with Gasteiger partial charge in [0.25, 0.3) is 0 Å². The lowest BCUT2D eigenvalue weighted by Crippen LogP contribution is -2.06. The first-order chi connectivity index (χ1) is 13.0.